The van der Waals surface area contributed by atoms with Gasteiger partial charge in [0, 0.05) is 23.5 Å². The Labute approximate surface area is 135 Å². The molecule has 2 aromatic heterocycles. The summed E-state index contributed by atoms with van der Waals surface area (Å²) < 4.78 is 3.43. The average molecular weight is 331 g/mol. The Balaban J connectivity index is 1.89. The van der Waals surface area contributed by atoms with Gasteiger partial charge in [0.05, 0.1) is 23.1 Å². The van der Waals surface area contributed by atoms with Crippen LogP contribution in [0.25, 0.3) is 16.9 Å². The number of thioether (sulfide) groups is 1. The molecule has 0 aliphatic carbocycles. The minimum Gasteiger partial charge on any atom is -0.286 e. The van der Waals surface area contributed by atoms with Crippen LogP contribution < -0.4 is 5.56 Å². The summed E-state index contributed by atoms with van der Waals surface area (Å²) in [5.74, 6) is 0.888. The molecule has 3 heterocycles. The molecule has 1 aliphatic heterocycles. The third-order valence-corrected chi connectivity index (χ3v) is 4.73. The van der Waals surface area contributed by atoms with Gasteiger partial charge < -0.3 is 0 Å². The molecule has 0 spiro atoms. The van der Waals surface area contributed by atoms with Gasteiger partial charge in [0.1, 0.15) is 0 Å². The Bertz CT molecular complexity index is 918. The van der Waals surface area contributed by atoms with Crippen LogP contribution in [0.1, 0.15) is 0 Å². The van der Waals surface area contributed by atoms with E-state index < -0.39 is 0 Å². The molecule has 4 rings (SSSR count). The number of aromatic nitrogens is 4. The first-order chi connectivity index (χ1) is 10.7. The van der Waals surface area contributed by atoms with Crippen LogP contribution in [0.3, 0.4) is 0 Å². The Morgan fingerprint density at radius 2 is 2.18 bits per heavy atom. The van der Waals surface area contributed by atoms with Gasteiger partial charge in [-0.25, -0.2) is 9.67 Å². The monoisotopic (exact) mass is 330 g/mol. The lowest BCUT2D eigenvalue weighted by atomic mass is 10.2. The molecule has 0 saturated heterocycles. The van der Waals surface area contributed by atoms with E-state index in [2.05, 4.69) is 10.1 Å². The van der Waals surface area contributed by atoms with Crippen LogP contribution in [0.15, 0.2) is 52.7 Å². The largest absolute Gasteiger partial charge is 0.286 e. The molecule has 1 aliphatic rings. The fourth-order valence-electron chi connectivity index (χ4n) is 2.51. The summed E-state index contributed by atoms with van der Waals surface area (Å²) in [7, 11) is 0. The summed E-state index contributed by atoms with van der Waals surface area (Å²) in [6.07, 6.45) is 3.30. The number of rotatable bonds is 2. The van der Waals surface area contributed by atoms with Gasteiger partial charge in [0.15, 0.2) is 5.16 Å². The Morgan fingerprint density at radius 3 is 3.05 bits per heavy atom. The van der Waals surface area contributed by atoms with E-state index in [0.29, 0.717) is 22.8 Å². The Morgan fingerprint density at radius 1 is 1.27 bits per heavy atom. The third-order valence-electron chi connectivity index (χ3n) is 3.53. The van der Waals surface area contributed by atoms with E-state index in [4.69, 9.17) is 11.6 Å². The zero-order chi connectivity index (χ0) is 15.1. The summed E-state index contributed by atoms with van der Waals surface area (Å²) >= 11 is 7.65. The Kier molecular flexibility index (Phi) is 3.28. The zero-order valence-electron chi connectivity index (χ0n) is 11.4. The maximum Gasteiger partial charge on any atom is 0.263 e. The van der Waals surface area contributed by atoms with Gasteiger partial charge in [-0.1, -0.05) is 29.4 Å². The van der Waals surface area contributed by atoms with Gasteiger partial charge in [0.2, 0.25) is 0 Å². The van der Waals surface area contributed by atoms with Crippen LogP contribution in [0.4, 0.5) is 0 Å². The number of nitrogens with zero attached hydrogens (tertiary/aromatic N) is 4. The molecule has 0 saturated carbocycles. The molecule has 0 amide bonds. The number of fused-ring (bicyclic) bond motifs is 1. The predicted molar refractivity (Wildman–Crippen MR) is 86.8 cm³/mol. The lowest BCUT2D eigenvalue weighted by Crippen LogP contribution is -2.22. The SMILES string of the molecule is O=c1c(-c2ccnn2-c2cccc(Cl)c2)cnc2n1CCS2. The van der Waals surface area contributed by atoms with Crippen LogP contribution >= 0.6 is 23.4 Å². The van der Waals surface area contributed by atoms with Crippen molar-refractivity contribution in [2.24, 2.45) is 0 Å². The molecule has 0 N–H and O–H groups in total. The van der Waals surface area contributed by atoms with Crippen molar-refractivity contribution in [3.63, 3.8) is 0 Å². The van der Waals surface area contributed by atoms with E-state index in [-0.39, 0.29) is 5.56 Å². The number of hydrogen-bond acceptors (Lipinski definition) is 4. The number of halogens is 1. The molecule has 0 radical (unpaired) electrons. The van der Waals surface area contributed by atoms with E-state index in [1.54, 1.807) is 39.5 Å². The molecule has 0 unspecified atom stereocenters. The molecule has 0 fully saturated rings. The first-order valence-electron chi connectivity index (χ1n) is 6.77. The molecule has 0 atom stereocenters. The lowest BCUT2D eigenvalue weighted by Gasteiger charge is -2.09. The highest BCUT2D eigenvalue weighted by atomic mass is 35.5. The quantitative estimate of drug-likeness (QED) is 0.678. The summed E-state index contributed by atoms with van der Waals surface area (Å²) in [5, 5.41) is 5.72. The molecule has 7 heteroatoms. The number of hydrogen-bond donors (Lipinski definition) is 0. The van der Waals surface area contributed by atoms with Gasteiger partial charge in [-0.3, -0.25) is 9.36 Å². The number of benzene rings is 1. The predicted octanol–water partition coefficient (Wildman–Crippen LogP) is 2.86. The van der Waals surface area contributed by atoms with E-state index in [9.17, 15) is 4.79 Å². The van der Waals surface area contributed by atoms with Gasteiger partial charge >= 0.3 is 0 Å². The van der Waals surface area contributed by atoms with Crippen molar-refractivity contribution < 1.29 is 0 Å². The van der Waals surface area contributed by atoms with Crippen molar-refractivity contribution in [3.05, 3.63) is 58.1 Å². The first-order valence-corrected chi connectivity index (χ1v) is 8.13. The fraction of sp³-hybridized carbons (Fsp3) is 0.133. The van der Waals surface area contributed by atoms with Gasteiger partial charge in [-0.2, -0.15) is 5.10 Å². The van der Waals surface area contributed by atoms with Crippen molar-refractivity contribution in [3.8, 4) is 16.9 Å². The zero-order valence-corrected chi connectivity index (χ0v) is 13.0. The van der Waals surface area contributed by atoms with Crippen molar-refractivity contribution in [1.29, 1.82) is 0 Å². The first kappa shape index (κ1) is 13.6. The van der Waals surface area contributed by atoms with Gasteiger partial charge in [0.25, 0.3) is 5.56 Å². The molecule has 22 heavy (non-hydrogen) atoms. The fourth-order valence-corrected chi connectivity index (χ4v) is 3.61. The normalized spacial score (nSPS) is 13.3. The highest BCUT2D eigenvalue weighted by Gasteiger charge is 2.19. The van der Waals surface area contributed by atoms with E-state index in [0.717, 1.165) is 16.6 Å². The summed E-state index contributed by atoms with van der Waals surface area (Å²) in [6.45, 7) is 0.699. The molecule has 3 aromatic rings. The maximum atomic E-state index is 12.7. The molecular formula is C15H11ClN4OS. The smallest absolute Gasteiger partial charge is 0.263 e. The van der Waals surface area contributed by atoms with Crippen LogP contribution in [-0.2, 0) is 6.54 Å². The molecule has 5 nitrogen and oxygen atoms in total. The average Bonchev–Trinajstić information content (AvgIpc) is 3.16. The summed E-state index contributed by atoms with van der Waals surface area (Å²) in [6, 6.07) is 9.18. The van der Waals surface area contributed by atoms with Crippen molar-refractivity contribution in [2.45, 2.75) is 11.7 Å². The summed E-state index contributed by atoms with van der Waals surface area (Å²) in [5.41, 5.74) is 2.04. The van der Waals surface area contributed by atoms with Crippen molar-refractivity contribution in [2.75, 3.05) is 5.75 Å². The van der Waals surface area contributed by atoms with Gasteiger partial charge in [-0.05, 0) is 24.3 Å². The topological polar surface area (TPSA) is 52.7 Å². The summed E-state index contributed by atoms with van der Waals surface area (Å²) in [4.78, 5) is 17.0. The Hall–Kier alpha value is -2.05. The minimum absolute atomic E-state index is 0.0289. The standard InChI is InChI=1S/C15H11ClN4OS/c16-10-2-1-3-11(8-10)20-13(4-5-18-20)12-9-17-15-19(14(12)21)6-7-22-15/h1-5,8-9H,6-7H2. The highest BCUT2D eigenvalue weighted by Crippen LogP contribution is 2.25. The molecule has 0 bridgehead atoms. The van der Waals surface area contributed by atoms with Gasteiger partial charge in [-0.15, -0.1) is 0 Å². The van der Waals surface area contributed by atoms with Crippen LogP contribution in [0, 0.1) is 0 Å². The van der Waals surface area contributed by atoms with E-state index >= 15 is 0 Å². The van der Waals surface area contributed by atoms with Crippen LogP contribution in [-0.4, -0.2) is 25.1 Å². The van der Waals surface area contributed by atoms with Crippen molar-refractivity contribution in [1.82, 2.24) is 19.3 Å². The third kappa shape index (κ3) is 2.15. The maximum absolute atomic E-state index is 12.7. The second-order valence-corrected chi connectivity index (χ2v) is 6.37. The van der Waals surface area contributed by atoms with Crippen molar-refractivity contribution >= 4 is 23.4 Å². The second-order valence-electron chi connectivity index (χ2n) is 4.87. The van der Waals surface area contributed by atoms with E-state index in [1.807, 2.05) is 24.3 Å². The second kappa shape index (κ2) is 5.30. The minimum atomic E-state index is -0.0289. The molecule has 110 valence electrons. The van der Waals surface area contributed by atoms with Crippen LogP contribution in [0.2, 0.25) is 5.02 Å². The molecule has 1 aromatic carbocycles. The molecular weight excluding hydrogens is 320 g/mol. The highest BCUT2D eigenvalue weighted by molar-refractivity contribution is 7.99. The lowest BCUT2D eigenvalue weighted by molar-refractivity contribution is 0.656. The van der Waals surface area contributed by atoms with Crippen LogP contribution in [0.5, 0.6) is 0 Å². The van der Waals surface area contributed by atoms with E-state index in [1.165, 1.54) is 0 Å².